The van der Waals surface area contributed by atoms with Crippen molar-refractivity contribution in [2.45, 2.75) is 171 Å². The molecule has 0 atom stereocenters. The number of aliphatic hydroxyl groups excluding tert-OH is 2. The molecule has 5 aliphatic rings. The molecule has 10 rings (SSSR count). The van der Waals surface area contributed by atoms with E-state index in [1.54, 1.807) is 12.1 Å². The lowest BCUT2D eigenvalue weighted by Gasteiger charge is -2.37. The van der Waals surface area contributed by atoms with Crippen LogP contribution in [-0.4, -0.2) is 225 Å². The highest BCUT2D eigenvalue weighted by atomic mass is 35.5. The number of hydrogen-bond donors (Lipinski definition) is 3. The molecule has 5 heterocycles. The highest BCUT2D eigenvalue weighted by Crippen LogP contribution is 2.26. The second-order valence-electron chi connectivity index (χ2n) is 34.2. The van der Waals surface area contributed by atoms with Crippen LogP contribution in [0.15, 0.2) is 109 Å². The summed E-state index contributed by atoms with van der Waals surface area (Å²) in [4.78, 5) is 83.0. The summed E-state index contributed by atoms with van der Waals surface area (Å²) in [5.41, 5.74) is 10.2. The number of carbonyl (C=O) groups excluding carboxylic acids is 5. The second kappa shape index (κ2) is 39.2. The number of aromatic hydroxyl groups is 1. The quantitative estimate of drug-likeness (QED) is 0.108. The highest BCUT2D eigenvalue weighted by molar-refractivity contribution is 6.31. The van der Waals surface area contributed by atoms with Crippen molar-refractivity contribution < 1.29 is 39.3 Å². The van der Waals surface area contributed by atoms with Gasteiger partial charge in [-0.05, 0) is 89.0 Å². The summed E-state index contributed by atoms with van der Waals surface area (Å²) in [6, 6.07) is 36.7. The van der Waals surface area contributed by atoms with Crippen LogP contribution >= 0.6 is 11.6 Å². The molecule has 19 heteroatoms. The number of amides is 5. The van der Waals surface area contributed by atoms with Crippen LogP contribution in [0.4, 0.5) is 0 Å². The van der Waals surface area contributed by atoms with Gasteiger partial charge in [-0.3, -0.25) is 48.5 Å². The summed E-state index contributed by atoms with van der Waals surface area (Å²) in [7, 11) is 0. The van der Waals surface area contributed by atoms with Crippen LogP contribution in [0.2, 0.25) is 5.02 Å². The summed E-state index contributed by atoms with van der Waals surface area (Å²) < 4.78 is 0. The molecule has 0 aromatic heterocycles. The van der Waals surface area contributed by atoms with Crippen LogP contribution in [-0.2, 0) is 69.9 Å². The maximum atomic E-state index is 12.3. The van der Waals surface area contributed by atoms with Gasteiger partial charge in [0.05, 0.1) is 13.2 Å². The normalized spacial score (nSPS) is 17.1. The van der Waals surface area contributed by atoms with E-state index in [9.17, 15) is 39.3 Å². The minimum Gasteiger partial charge on any atom is -0.508 e. The third-order valence-corrected chi connectivity index (χ3v) is 20.0. The third-order valence-electron chi connectivity index (χ3n) is 19.6. The maximum absolute atomic E-state index is 12.3. The zero-order valence-corrected chi connectivity index (χ0v) is 67.5. The SMILES string of the molecule is CC(C)(C)C(=O)N1CCN(Cc2cccc(CO)c2)CC1.CC(C)(C)C(=O)N1CCN(Cc2cccc(O)c2)CC1.Cc1ccc(CN2CCN(C(=O)C(C)(C)C)CC2)cc1.Cc1ccc(CN2CCN(C(=O)C(C)(C)C)CC2)cc1CO.Cc1ccc(CN2CCN(C(=O)C(C)(C)C)CC2)cc1Cl. The van der Waals surface area contributed by atoms with Gasteiger partial charge in [-0.1, -0.05) is 212 Å². The Hall–Kier alpha value is -6.74. The van der Waals surface area contributed by atoms with Gasteiger partial charge in [0, 0.05) is 196 Å². The topological polar surface area (TPSA) is 178 Å². The van der Waals surface area contributed by atoms with Gasteiger partial charge >= 0.3 is 0 Å². The third kappa shape index (κ3) is 28.2. The van der Waals surface area contributed by atoms with Crippen LogP contribution in [0.25, 0.3) is 0 Å². The van der Waals surface area contributed by atoms with E-state index in [2.05, 4.69) is 92.1 Å². The molecule has 0 radical (unpaired) electrons. The number of nitrogens with zero attached hydrogens (tertiary/aromatic N) is 10. The van der Waals surface area contributed by atoms with Gasteiger partial charge in [0.1, 0.15) is 5.75 Å². The van der Waals surface area contributed by atoms with Gasteiger partial charge in [0.15, 0.2) is 0 Å². The molecule has 0 aliphatic carbocycles. The Kier molecular flexibility index (Phi) is 32.5. The molecule has 5 aromatic rings. The van der Waals surface area contributed by atoms with E-state index in [0.717, 1.165) is 196 Å². The van der Waals surface area contributed by atoms with E-state index >= 15 is 0 Å². The summed E-state index contributed by atoms with van der Waals surface area (Å²) in [6.45, 7) is 57.8. The number of phenols is 1. The Morgan fingerprint density at radius 2 is 0.587 bits per heavy atom. The molecular weight excluding hydrogens is 1320 g/mol. The molecule has 104 heavy (non-hydrogen) atoms. The zero-order chi connectivity index (χ0) is 76.9. The van der Waals surface area contributed by atoms with Gasteiger partial charge in [0.2, 0.25) is 29.5 Å². The fourth-order valence-corrected chi connectivity index (χ4v) is 13.3. The minimum atomic E-state index is -0.298. The summed E-state index contributed by atoms with van der Waals surface area (Å²) in [5.74, 6) is 1.54. The van der Waals surface area contributed by atoms with Crippen molar-refractivity contribution in [1.29, 1.82) is 0 Å². The van der Waals surface area contributed by atoms with Crippen LogP contribution in [0, 0.1) is 47.8 Å². The molecule has 5 aliphatic heterocycles. The molecule has 574 valence electrons. The first kappa shape index (κ1) is 86.2. The maximum Gasteiger partial charge on any atom is 0.228 e. The lowest BCUT2D eigenvalue weighted by atomic mass is 9.94. The van der Waals surface area contributed by atoms with Gasteiger partial charge < -0.3 is 39.8 Å². The lowest BCUT2D eigenvalue weighted by Crippen LogP contribution is -2.51. The average Bonchev–Trinajstić information content (AvgIpc) is 0.848. The first-order valence-corrected chi connectivity index (χ1v) is 38.1. The fourth-order valence-electron chi connectivity index (χ4n) is 13.1. The van der Waals surface area contributed by atoms with E-state index < -0.39 is 0 Å². The average molecular weight is 1450 g/mol. The van der Waals surface area contributed by atoms with E-state index in [4.69, 9.17) is 11.6 Å². The molecule has 5 aromatic carbocycles. The summed E-state index contributed by atoms with van der Waals surface area (Å²) in [5, 5.41) is 28.8. The van der Waals surface area contributed by atoms with Gasteiger partial charge in [-0.2, -0.15) is 0 Å². The summed E-state index contributed by atoms with van der Waals surface area (Å²) >= 11 is 6.18. The Morgan fingerprint density at radius 1 is 0.317 bits per heavy atom. The van der Waals surface area contributed by atoms with E-state index in [1.807, 2.05) is 179 Å². The van der Waals surface area contributed by atoms with E-state index in [1.165, 1.54) is 27.8 Å². The molecule has 5 fully saturated rings. The Bertz CT molecular complexity index is 3530. The van der Waals surface area contributed by atoms with Crippen LogP contribution in [0.5, 0.6) is 5.75 Å². The van der Waals surface area contributed by atoms with Gasteiger partial charge in [-0.15, -0.1) is 0 Å². The van der Waals surface area contributed by atoms with Crippen LogP contribution < -0.4 is 0 Å². The largest absolute Gasteiger partial charge is 0.508 e. The summed E-state index contributed by atoms with van der Waals surface area (Å²) in [6.07, 6.45) is 0. The molecule has 18 nitrogen and oxygen atoms in total. The molecule has 0 spiro atoms. The van der Waals surface area contributed by atoms with Crippen molar-refractivity contribution in [3.63, 3.8) is 0 Å². The van der Waals surface area contributed by atoms with Crippen molar-refractivity contribution >= 4 is 41.1 Å². The van der Waals surface area contributed by atoms with Crippen LogP contribution in [0.3, 0.4) is 0 Å². The predicted octanol–water partition coefficient (Wildman–Crippen LogP) is 12.2. The number of aryl methyl sites for hydroxylation is 3. The molecule has 3 N–H and O–H groups in total. The smallest absolute Gasteiger partial charge is 0.228 e. The molecule has 0 saturated carbocycles. The number of aliphatic hydroxyl groups is 2. The second-order valence-corrected chi connectivity index (χ2v) is 34.6. The van der Waals surface area contributed by atoms with Gasteiger partial charge in [0.25, 0.3) is 0 Å². The Balaban J connectivity index is 0.000000204. The molecule has 5 saturated heterocycles. The van der Waals surface area contributed by atoms with Crippen molar-refractivity contribution in [1.82, 2.24) is 49.0 Å². The number of halogens is 1. The molecular formula is C85H129ClN10O8. The molecule has 0 bridgehead atoms. The molecule has 0 unspecified atom stereocenters. The number of hydrogen-bond acceptors (Lipinski definition) is 13. The number of rotatable bonds is 12. The Labute approximate surface area is 630 Å². The number of piperazine rings is 5. The lowest BCUT2D eigenvalue weighted by molar-refractivity contribution is -0.142. The number of benzene rings is 5. The monoisotopic (exact) mass is 1450 g/mol. The molecule has 5 amide bonds. The fraction of sp³-hybridized carbons (Fsp3) is 0.588. The predicted molar refractivity (Wildman–Crippen MR) is 422 cm³/mol. The first-order chi connectivity index (χ1) is 48.7. The van der Waals surface area contributed by atoms with Gasteiger partial charge in [-0.25, -0.2) is 0 Å². The zero-order valence-electron chi connectivity index (χ0n) is 66.7. The first-order valence-electron chi connectivity index (χ1n) is 37.8. The van der Waals surface area contributed by atoms with Crippen molar-refractivity contribution in [2.24, 2.45) is 27.1 Å². The van der Waals surface area contributed by atoms with Crippen molar-refractivity contribution in [3.05, 3.63) is 170 Å². The van der Waals surface area contributed by atoms with E-state index in [0.29, 0.717) is 5.75 Å². The highest BCUT2D eigenvalue weighted by Gasteiger charge is 2.35. The number of carbonyl (C=O) groups is 5. The standard InChI is InChI=1S/C18H28N2O2.C17H25ClN2O.C17H26N2O2.C17H26N2O.C16H24N2O2/c1-14-5-6-15(11-16(14)13-21)12-19-7-9-20(10-8-19)17(22)18(2,3)4;1-13-5-6-14(11-15(13)18)12-19-7-9-20(10-8-19)16(21)17(2,3)4;1-17(2,3)16(21)19-9-7-18(8-10-19)12-14-5-4-6-15(11-14)13-20;1-14-5-7-15(8-6-14)13-18-9-11-19(12-10-18)16(20)17(2,3)4;1-16(2,3)15(20)18-9-7-17(8-10-18)12-13-5-4-6-14(19)11-13/h5-6,11,21H,7-10,12-13H2,1-4H3;5-6,11H,7-10,12H2,1-4H3;4-6,11,20H,7-10,12-13H2,1-3H3;5-8H,9-13H2,1-4H3;4-6,11,19H,7-10,12H2,1-3H3. The van der Waals surface area contributed by atoms with E-state index in [-0.39, 0.29) is 69.8 Å². The number of phenolic OH excluding ortho intramolecular Hbond substituents is 1. The Morgan fingerprint density at radius 3 is 0.885 bits per heavy atom. The van der Waals surface area contributed by atoms with Crippen LogP contribution in [0.1, 0.15) is 159 Å². The minimum absolute atomic E-state index is 0.0850. The van der Waals surface area contributed by atoms with Crippen molar-refractivity contribution in [3.8, 4) is 5.75 Å². The van der Waals surface area contributed by atoms with Crippen molar-refractivity contribution in [2.75, 3.05) is 131 Å².